The van der Waals surface area contributed by atoms with Crippen LogP contribution in [0.25, 0.3) is 27.7 Å². The number of nitrogens with zero attached hydrogens (tertiary/aromatic N) is 1. The van der Waals surface area contributed by atoms with Crippen molar-refractivity contribution in [2.75, 3.05) is 12.4 Å². The molecule has 0 saturated heterocycles. The minimum atomic E-state index is -0.633. The number of aromatic amines is 2. The van der Waals surface area contributed by atoms with Gasteiger partial charge in [-0.25, -0.2) is 9.18 Å². The number of anilines is 1. The van der Waals surface area contributed by atoms with Crippen molar-refractivity contribution >= 4 is 16.6 Å². The number of phenolic OH excluding ortho intramolecular Hbond substituents is 1. The third-order valence-corrected chi connectivity index (χ3v) is 6.30. The number of aromatic nitrogens is 3. The SMILES string of the molecule is COc1cc(C2Nc3cccc(-c4ccccc4F)c3-n3cc4c(=O)[nH]c(=O)[nH]c4c32)ccc1O. The van der Waals surface area contributed by atoms with Crippen LogP contribution in [0.1, 0.15) is 17.3 Å². The highest BCUT2D eigenvalue weighted by Gasteiger charge is 2.32. The number of aromatic hydroxyl groups is 1. The zero-order valence-corrected chi connectivity index (χ0v) is 18.4. The molecule has 0 fully saturated rings. The van der Waals surface area contributed by atoms with Gasteiger partial charge in [-0.2, -0.15) is 0 Å². The van der Waals surface area contributed by atoms with Crippen LogP contribution in [0.15, 0.2) is 76.4 Å². The second-order valence-corrected chi connectivity index (χ2v) is 8.27. The molecule has 1 unspecified atom stereocenters. The first kappa shape index (κ1) is 20.8. The van der Waals surface area contributed by atoms with E-state index < -0.39 is 17.3 Å². The summed E-state index contributed by atoms with van der Waals surface area (Å²) in [7, 11) is 1.46. The molecule has 1 atom stereocenters. The highest BCUT2D eigenvalue weighted by atomic mass is 19.1. The lowest BCUT2D eigenvalue weighted by Crippen LogP contribution is -2.25. The number of H-pyrrole nitrogens is 2. The van der Waals surface area contributed by atoms with Gasteiger partial charge < -0.3 is 24.7 Å². The number of para-hydroxylation sites is 1. The van der Waals surface area contributed by atoms with Gasteiger partial charge in [-0.05, 0) is 29.8 Å². The molecule has 0 radical (unpaired) electrons. The van der Waals surface area contributed by atoms with Gasteiger partial charge in [-0.15, -0.1) is 0 Å². The smallest absolute Gasteiger partial charge is 0.326 e. The molecule has 2 aromatic heterocycles. The van der Waals surface area contributed by atoms with E-state index in [1.807, 2.05) is 22.8 Å². The Morgan fingerprint density at radius 2 is 1.80 bits per heavy atom. The average Bonchev–Trinajstić information content (AvgIpc) is 3.24. The van der Waals surface area contributed by atoms with E-state index >= 15 is 0 Å². The minimum Gasteiger partial charge on any atom is -0.504 e. The first-order valence-electron chi connectivity index (χ1n) is 10.9. The van der Waals surface area contributed by atoms with Crippen molar-refractivity contribution in [2.24, 2.45) is 0 Å². The Morgan fingerprint density at radius 1 is 1.00 bits per heavy atom. The lowest BCUT2D eigenvalue weighted by atomic mass is 9.96. The van der Waals surface area contributed by atoms with Crippen molar-refractivity contribution in [3.05, 3.63) is 105 Å². The summed E-state index contributed by atoms with van der Waals surface area (Å²) in [5.41, 5.74) is 2.88. The quantitative estimate of drug-likeness (QED) is 0.318. The van der Waals surface area contributed by atoms with Crippen molar-refractivity contribution in [1.29, 1.82) is 0 Å². The Hall–Kier alpha value is -4.79. The monoisotopic (exact) mass is 470 g/mol. The Kier molecular flexibility index (Phi) is 4.53. The van der Waals surface area contributed by atoms with Crippen molar-refractivity contribution < 1.29 is 14.2 Å². The van der Waals surface area contributed by atoms with Crippen LogP contribution in [0.5, 0.6) is 11.5 Å². The van der Waals surface area contributed by atoms with Crippen LogP contribution in [0.3, 0.4) is 0 Å². The first-order valence-corrected chi connectivity index (χ1v) is 10.9. The summed E-state index contributed by atoms with van der Waals surface area (Å²) in [6.07, 6.45) is 1.65. The van der Waals surface area contributed by atoms with Gasteiger partial charge in [-0.1, -0.05) is 36.4 Å². The summed E-state index contributed by atoms with van der Waals surface area (Å²) in [5.74, 6) is -0.112. The predicted molar refractivity (Wildman–Crippen MR) is 130 cm³/mol. The van der Waals surface area contributed by atoms with Crippen LogP contribution in [0, 0.1) is 5.82 Å². The van der Waals surface area contributed by atoms with Crippen LogP contribution in [0.4, 0.5) is 10.1 Å². The topological polar surface area (TPSA) is 112 Å². The predicted octanol–water partition coefficient (Wildman–Crippen LogP) is 4.04. The third kappa shape index (κ3) is 3.12. The number of benzene rings is 3. The summed E-state index contributed by atoms with van der Waals surface area (Å²) >= 11 is 0. The summed E-state index contributed by atoms with van der Waals surface area (Å²) in [6.45, 7) is 0. The zero-order valence-electron chi connectivity index (χ0n) is 18.4. The molecule has 9 heteroatoms. The van der Waals surface area contributed by atoms with E-state index in [0.29, 0.717) is 33.7 Å². The van der Waals surface area contributed by atoms with E-state index in [1.54, 1.807) is 36.5 Å². The molecule has 1 aliphatic rings. The van der Waals surface area contributed by atoms with Gasteiger partial charge in [0.1, 0.15) is 5.82 Å². The number of hydrogen-bond acceptors (Lipinski definition) is 5. The number of hydrogen-bond donors (Lipinski definition) is 4. The van der Waals surface area contributed by atoms with Gasteiger partial charge in [-0.3, -0.25) is 9.78 Å². The highest BCUT2D eigenvalue weighted by molar-refractivity contribution is 5.90. The van der Waals surface area contributed by atoms with E-state index in [4.69, 9.17) is 4.74 Å². The normalized spacial score (nSPS) is 14.3. The molecule has 0 bridgehead atoms. The molecule has 6 rings (SSSR count). The maximum absolute atomic E-state index is 14.8. The van der Waals surface area contributed by atoms with Crippen molar-refractivity contribution in [2.45, 2.75) is 6.04 Å². The number of fused-ring (bicyclic) bond motifs is 5. The van der Waals surface area contributed by atoms with Crippen LogP contribution in [0.2, 0.25) is 0 Å². The zero-order chi connectivity index (χ0) is 24.3. The second kappa shape index (κ2) is 7.63. The Morgan fingerprint density at radius 3 is 2.60 bits per heavy atom. The third-order valence-electron chi connectivity index (χ3n) is 6.30. The largest absolute Gasteiger partial charge is 0.504 e. The maximum Gasteiger partial charge on any atom is 0.326 e. The van der Waals surface area contributed by atoms with E-state index in [2.05, 4.69) is 15.3 Å². The molecule has 8 nitrogen and oxygen atoms in total. The van der Waals surface area contributed by atoms with Crippen LogP contribution >= 0.6 is 0 Å². The molecule has 5 aromatic rings. The lowest BCUT2D eigenvalue weighted by Gasteiger charge is -2.31. The Labute approximate surface area is 197 Å². The van der Waals surface area contributed by atoms with E-state index in [0.717, 1.165) is 5.56 Å². The molecule has 4 N–H and O–H groups in total. The summed E-state index contributed by atoms with van der Waals surface area (Å²) in [5, 5.41) is 13.9. The average molecular weight is 470 g/mol. The van der Waals surface area contributed by atoms with Crippen LogP contribution in [-0.2, 0) is 0 Å². The molecule has 0 saturated carbocycles. The fourth-order valence-electron chi connectivity index (χ4n) is 4.76. The highest BCUT2D eigenvalue weighted by Crippen LogP contribution is 2.45. The Bertz CT molecular complexity index is 1750. The fourth-order valence-corrected chi connectivity index (χ4v) is 4.76. The summed E-state index contributed by atoms with van der Waals surface area (Å²) in [6, 6.07) is 16.4. The second-order valence-electron chi connectivity index (χ2n) is 8.27. The van der Waals surface area contributed by atoms with Crippen molar-refractivity contribution in [3.8, 4) is 28.3 Å². The molecule has 3 aromatic carbocycles. The molecule has 174 valence electrons. The molecule has 3 heterocycles. The van der Waals surface area contributed by atoms with Crippen LogP contribution < -0.4 is 21.3 Å². The summed E-state index contributed by atoms with van der Waals surface area (Å²) in [4.78, 5) is 29.9. The number of rotatable bonds is 3. The van der Waals surface area contributed by atoms with Gasteiger partial charge in [0.05, 0.1) is 41.1 Å². The molecule has 0 amide bonds. The van der Waals surface area contributed by atoms with E-state index in [-0.39, 0.29) is 22.7 Å². The minimum absolute atomic E-state index is 0.0145. The van der Waals surface area contributed by atoms with Gasteiger partial charge in [0.25, 0.3) is 5.56 Å². The molecule has 0 aliphatic carbocycles. The molecule has 35 heavy (non-hydrogen) atoms. The van der Waals surface area contributed by atoms with E-state index in [9.17, 15) is 19.1 Å². The number of nitrogens with one attached hydrogen (secondary N) is 3. The fraction of sp³-hybridized carbons (Fsp3) is 0.0769. The van der Waals surface area contributed by atoms with Gasteiger partial charge in [0.15, 0.2) is 11.5 Å². The van der Waals surface area contributed by atoms with Gasteiger partial charge in [0, 0.05) is 17.3 Å². The first-order chi connectivity index (χ1) is 17.0. The van der Waals surface area contributed by atoms with Crippen molar-refractivity contribution in [3.63, 3.8) is 0 Å². The maximum atomic E-state index is 14.8. The van der Waals surface area contributed by atoms with Gasteiger partial charge in [0.2, 0.25) is 0 Å². The van der Waals surface area contributed by atoms with E-state index in [1.165, 1.54) is 19.2 Å². The Balaban J connectivity index is 1.70. The van der Waals surface area contributed by atoms with Crippen molar-refractivity contribution in [1.82, 2.24) is 14.5 Å². The lowest BCUT2D eigenvalue weighted by molar-refractivity contribution is 0.373. The summed E-state index contributed by atoms with van der Waals surface area (Å²) < 4.78 is 21.9. The van der Waals surface area contributed by atoms with Crippen LogP contribution in [-0.4, -0.2) is 26.8 Å². The number of phenols is 1. The molecule has 1 aliphatic heterocycles. The molecular weight excluding hydrogens is 451 g/mol. The standard InChI is InChI=1S/C26H19FN4O4/c1-35-20-11-13(9-10-19(20)32)21-24-22-16(25(33)30-26(34)29-22)12-31(24)23-15(6-4-8-18(23)28-21)14-5-2-3-7-17(14)27/h2-12,21,28,32H,1H3,(H2,29,30,33,34). The number of ether oxygens (including phenoxy) is 1. The molecule has 0 spiro atoms. The number of methoxy groups -OCH3 is 1. The molecular formula is C26H19FN4O4. The number of halogens is 1. The van der Waals surface area contributed by atoms with Gasteiger partial charge >= 0.3 is 5.69 Å².